The molecule has 5 rings (SSSR count). The lowest BCUT2D eigenvalue weighted by Crippen LogP contribution is -2.51. The second-order valence-corrected chi connectivity index (χ2v) is 14.5. The van der Waals surface area contributed by atoms with Crippen molar-refractivity contribution in [3.8, 4) is 0 Å². The summed E-state index contributed by atoms with van der Waals surface area (Å²) in [7, 11) is 0. The quantitative estimate of drug-likeness (QED) is 0.244. The number of nitrogens with one attached hydrogen (secondary N) is 1. The predicted octanol–water partition coefficient (Wildman–Crippen LogP) is 5.72. The van der Waals surface area contributed by atoms with Gasteiger partial charge in [-0.2, -0.15) is 0 Å². The third-order valence-corrected chi connectivity index (χ3v) is 12.2. The number of amides is 1. The monoisotopic (exact) mass is 541 g/mol. The van der Waals surface area contributed by atoms with Gasteiger partial charge in [0.25, 0.3) is 0 Å². The van der Waals surface area contributed by atoms with Crippen molar-refractivity contribution in [2.45, 2.75) is 105 Å². The van der Waals surface area contributed by atoms with Gasteiger partial charge in [0.05, 0.1) is 12.3 Å². The van der Waals surface area contributed by atoms with E-state index in [0.717, 1.165) is 44.4 Å². The molecule has 0 aromatic heterocycles. The Morgan fingerprint density at radius 1 is 1.08 bits per heavy atom. The molecule has 1 unspecified atom stereocenters. The van der Waals surface area contributed by atoms with Crippen LogP contribution in [0.4, 0.5) is 4.79 Å². The Morgan fingerprint density at radius 2 is 1.87 bits per heavy atom. The molecule has 0 bridgehead atoms. The van der Waals surface area contributed by atoms with Crippen LogP contribution in [0.3, 0.4) is 0 Å². The molecule has 7 atom stereocenters. The Balaban J connectivity index is 1.23. The first kappa shape index (κ1) is 28.8. The number of rotatable bonds is 7. The van der Waals surface area contributed by atoms with E-state index < -0.39 is 6.09 Å². The molecule has 4 aliphatic carbocycles. The average molecular weight is 542 g/mol. The molecule has 1 heterocycles. The fraction of sp³-hybridized carbons (Fsp3) is 0.844. The van der Waals surface area contributed by atoms with Gasteiger partial charge in [-0.25, -0.2) is 4.79 Å². The van der Waals surface area contributed by atoms with Crippen molar-refractivity contribution in [3.05, 3.63) is 11.6 Å². The minimum absolute atomic E-state index is 0.0891. The molecule has 2 N–H and O–H groups in total. The van der Waals surface area contributed by atoms with Crippen molar-refractivity contribution in [1.82, 2.24) is 10.2 Å². The zero-order valence-electron chi connectivity index (χ0n) is 24.9. The van der Waals surface area contributed by atoms with Gasteiger partial charge < -0.3 is 15.3 Å². The Labute approximate surface area is 235 Å². The Hall–Kier alpha value is -1.73. The lowest BCUT2D eigenvalue weighted by molar-refractivity contribution is -0.117. The minimum atomic E-state index is -0.464. The highest BCUT2D eigenvalue weighted by molar-refractivity contribution is 5.91. The van der Waals surface area contributed by atoms with Crippen LogP contribution in [-0.2, 0) is 9.63 Å². The molecule has 4 fully saturated rings. The van der Waals surface area contributed by atoms with E-state index in [0.29, 0.717) is 48.5 Å². The van der Waals surface area contributed by atoms with Crippen LogP contribution in [0.2, 0.25) is 0 Å². The maximum absolute atomic E-state index is 13.0. The molecule has 39 heavy (non-hydrogen) atoms. The fourth-order valence-electron chi connectivity index (χ4n) is 9.69. The summed E-state index contributed by atoms with van der Waals surface area (Å²) in [6.07, 6.45) is 12.1. The zero-order chi connectivity index (χ0) is 28.0. The number of ketones is 1. The van der Waals surface area contributed by atoms with Crippen LogP contribution in [-0.4, -0.2) is 59.9 Å². The highest BCUT2D eigenvalue weighted by atomic mass is 16.7. The molecule has 1 amide bonds. The smallest absolute Gasteiger partial charge is 0.395 e. The van der Waals surface area contributed by atoms with Crippen LogP contribution in [0, 0.1) is 39.9 Å². The maximum atomic E-state index is 13.0. The van der Waals surface area contributed by atoms with Gasteiger partial charge in [0.2, 0.25) is 0 Å². The topological polar surface area (TPSA) is 91.2 Å². The largest absolute Gasteiger partial charge is 0.436 e. The van der Waals surface area contributed by atoms with Crippen molar-refractivity contribution in [3.63, 3.8) is 0 Å². The van der Waals surface area contributed by atoms with Gasteiger partial charge in [-0.1, -0.05) is 38.4 Å². The van der Waals surface area contributed by atoms with E-state index in [1.807, 2.05) is 13.0 Å². The molecule has 1 aliphatic heterocycles. The number of oxime groups is 1. The molecular weight excluding hydrogens is 490 g/mol. The summed E-state index contributed by atoms with van der Waals surface area (Å²) in [5, 5.41) is 17.6. The van der Waals surface area contributed by atoms with E-state index in [4.69, 9.17) is 4.84 Å². The van der Waals surface area contributed by atoms with Crippen LogP contribution in [0.25, 0.3) is 0 Å². The number of hydrogen-bond acceptors (Lipinski definition) is 6. The SMILES string of the molecule is C/C(=N\OC(=O)N(CCO)CCC1NCCC1(C)C)[C@H]1CC[C@H]2[C@@H]3CCC4=CC(=O)CC[C@]4(C)[C@H]3CC[C@]12C. The zero-order valence-corrected chi connectivity index (χ0v) is 24.9. The average Bonchev–Trinajstić information content (AvgIpc) is 3.43. The first-order chi connectivity index (χ1) is 18.5. The van der Waals surface area contributed by atoms with Crippen LogP contribution < -0.4 is 5.32 Å². The summed E-state index contributed by atoms with van der Waals surface area (Å²) in [4.78, 5) is 32.3. The molecule has 3 saturated carbocycles. The lowest BCUT2D eigenvalue weighted by Gasteiger charge is -2.58. The molecule has 0 aromatic rings. The first-order valence-corrected chi connectivity index (χ1v) is 15.6. The van der Waals surface area contributed by atoms with Crippen molar-refractivity contribution >= 4 is 17.6 Å². The van der Waals surface area contributed by atoms with E-state index in [9.17, 15) is 14.7 Å². The van der Waals surface area contributed by atoms with Crippen molar-refractivity contribution in [2.24, 2.45) is 45.1 Å². The molecule has 7 heteroatoms. The number of aliphatic hydroxyl groups is 1. The van der Waals surface area contributed by atoms with Crippen LogP contribution in [0.1, 0.15) is 98.8 Å². The van der Waals surface area contributed by atoms with Gasteiger partial charge in [0, 0.05) is 31.5 Å². The van der Waals surface area contributed by atoms with Crippen LogP contribution >= 0.6 is 0 Å². The number of carbonyl (C=O) groups is 2. The number of hydrogen-bond donors (Lipinski definition) is 2. The second kappa shape index (κ2) is 10.9. The van der Waals surface area contributed by atoms with Gasteiger partial charge in [0.15, 0.2) is 5.78 Å². The van der Waals surface area contributed by atoms with Gasteiger partial charge in [-0.05, 0) is 111 Å². The summed E-state index contributed by atoms with van der Waals surface area (Å²) in [6, 6.07) is 0.352. The normalized spacial score (nSPS) is 39.4. The standard InChI is InChI=1S/C32H51N3O4/c1-21(34-39-29(38)35(18-19-36)17-12-28-30(2,3)15-16-33-28)25-8-9-26-24-7-6-22-20-23(37)10-13-31(22,4)27(24)11-14-32(25,26)5/h20,24-28,33,36H,6-19H2,1-5H3/b34-21+/t24-,25+,26-,27-,28?,31-,32+/m0/s1. The third kappa shape index (κ3) is 5.23. The van der Waals surface area contributed by atoms with E-state index in [-0.39, 0.29) is 29.4 Å². The summed E-state index contributed by atoms with van der Waals surface area (Å²) in [5.74, 6) is 2.67. The predicted molar refractivity (Wildman–Crippen MR) is 153 cm³/mol. The Kier molecular flexibility index (Phi) is 8.06. The van der Waals surface area contributed by atoms with Gasteiger partial charge in [0.1, 0.15) is 0 Å². The van der Waals surface area contributed by atoms with E-state index in [1.165, 1.54) is 31.3 Å². The summed E-state index contributed by atoms with van der Waals surface area (Å²) >= 11 is 0. The van der Waals surface area contributed by atoms with Crippen molar-refractivity contribution in [1.29, 1.82) is 0 Å². The van der Waals surface area contributed by atoms with Crippen LogP contribution in [0.5, 0.6) is 0 Å². The molecule has 218 valence electrons. The highest BCUT2D eigenvalue weighted by Crippen LogP contribution is 2.66. The molecule has 0 spiro atoms. The Morgan fingerprint density at radius 3 is 2.59 bits per heavy atom. The summed E-state index contributed by atoms with van der Waals surface area (Å²) in [6.45, 7) is 13.2. The molecule has 1 saturated heterocycles. The molecule has 5 aliphatic rings. The second-order valence-electron chi connectivity index (χ2n) is 14.5. The number of aliphatic hydroxyl groups excluding tert-OH is 1. The van der Waals surface area contributed by atoms with Crippen LogP contribution in [0.15, 0.2) is 16.8 Å². The third-order valence-electron chi connectivity index (χ3n) is 12.2. The molecule has 0 aromatic carbocycles. The molecule has 7 nitrogen and oxygen atoms in total. The van der Waals surface area contributed by atoms with E-state index >= 15 is 0 Å². The van der Waals surface area contributed by atoms with Gasteiger partial charge >= 0.3 is 6.09 Å². The van der Waals surface area contributed by atoms with Crippen molar-refractivity contribution < 1.29 is 19.5 Å². The maximum Gasteiger partial charge on any atom is 0.436 e. The first-order valence-electron chi connectivity index (χ1n) is 15.6. The number of nitrogens with zero attached hydrogens (tertiary/aromatic N) is 2. The highest BCUT2D eigenvalue weighted by Gasteiger charge is 2.59. The van der Waals surface area contributed by atoms with Gasteiger partial charge in [-0.15, -0.1) is 0 Å². The summed E-state index contributed by atoms with van der Waals surface area (Å²) in [5.41, 5.74) is 2.92. The lowest BCUT2D eigenvalue weighted by atomic mass is 9.46. The molecular formula is C32H51N3O4. The van der Waals surface area contributed by atoms with Crippen molar-refractivity contribution in [2.75, 3.05) is 26.2 Å². The summed E-state index contributed by atoms with van der Waals surface area (Å²) < 4.78 is 0. The number of fused-ring (bicyclic) bond motifs is 5. The number of allylic oxidation sites excluding steroid dienone is 1. The Bertz CT molecular complexity index is 1020. The minimum Gasteiger partial charge on any atom is -0.395 e. The molecule has 0 radical (unpaired) electrons. The fourth-order valence-corrected chi connectivity index (χ4v) is 9.69. The van der Waals surface area contributed by atoms with E-state index in [2.05, 4.69) is 38.2 Å². The number of carbonyl (C=O) groups excluding carboxylic acids is 2. The van der Waals surface area contributed by atoms with E-state index in [1.54, 1.807) is 4.90 Å². The van der Waals surface area contributed by atoms with Gasteiger partial charge in [-0.3, -0.25) is 9.63 Å².